The van der Waals surface area contributed by atoms with E-state index in [1.165, 1.54) is 5.56 Å². The Morgan fingerprint density at radius 1 is 1.24 bits per heavy atom. The van der Waals surface area contributed by atoms with Crippen LogP contribution in [0.3, 0.4) is 0 Å². The van der Waals surface area contributed by atoms with Crippen molar-refractivity contribution in [2.24, 2.45) is 5.92 Å². The Morgan fingerprint density at radius 3 is 2.86 bits per heavy atom. The van der Waals surface area contributed by atoms with E-state index in [1.807, 2.05) is 4.90 Å². The summed E-state index contributed by atoms with van der Waals surface area (Å²) in [5.74, 6) is 0.131. The highest BCUT2D eigenvalue weighted by Crippen LogP contribution is 2.41. The van der Waals surface area contributed by atoms with Gasteiger partial charge in [-0.05, 0) is 18.4 Å². The first-order valence-corrected chi connectivity index (χ1v) is 11.2. The van der Waals surface area contributed by atoms with Gasteiger partial charge in [-0.3, -0.25) is 9.20 Å². The Labute approximate surface area is 174 Å². The number of carbonyl (C=O) groups excluding carboxylic acids is 1. The molecule has 1 unspecified atom stereocenters. The van der Waals surface area contributed by atoms with Crippen molar-refractivity contribution in [1.82, 2.24) is 19.6 Å². The predicted molar refractivity (Wildman–Crippen MR) is 113 cm³/mol. The van der Waals surface area contributed by atoms with Crippen LogP contribution in [0, 0.1) is 5.92 Å². The number of rotatable bonds is 3. The van der Waals surface area contributed by atoms with Gasteiger partial charge in [-0.2, -0.15) is 0 Å². The third-order valence-corrected chi connectivity index (χ3v) is 7.09. The average Bonchev–Trinajstić information content (AvgIpc) is 3.27. The number of thiazole rings is 1. The number of aromatic nitrogens is 2. The number of amides is 1. The van der Waals surface area contributed by atoms with E-state index in [4.69, 9.17) is 9.72 Å². The van der Waals surface area contributed by atoms with Gasteiger partial charge in [0, 0.05) is 49.4 Å². The zero-order chi connectivity index (χ0) is 19.7. The maximum Gasteiger partial charge on any atom is 0.229 e. The van der Waals surface area contributed by atoms with Crippen molar-refractivity contribution in [2.75, 3.05) is 39.4 Å². The van der Waals surface area contributed by atoms with E-state index in [2.05, 4.69) is 57.8 Å². The molecule has 2 fully saturated rings. The molecular formula is C22H26N4O2S. The van der Waals surface area contributed by atoms with Crippen LogP contribution < -0.4 is 5.32 Å². The molecule has 3 aromatic rings. The number of hydrogen-bond acceptors (Lipinski definition) is 5. The minimum Gasteiger partial charge on any atom is -0.379 e. The first-order chi connectivity index (χ1) is 14.3. The highest BCUT2D eigenvalue weighted by atomic mass is 32.1. The fourth-order valence-electron chi connectivity index (χ4n) is 4.64. The van der Waals surface area contributed by atoms with E-state index in [0.29, 0.717) is 19.8 Å². The molecule has 152 valence electrons. The summed E-state index contributed by atoms with van der Waals surface area (Å²) in [5, 5.41) is 5.37. The molecule has 29 heavy (non-hydrogen) atoms. The summed E-state index contributed by atoms with van der Waals surface area (Å²) in [5.41, 5.74) is 2.25. The number of nitrogens with one attached hydrogen (secondary N) is 1. The molecule has 0 aliphatic carbocycles. The lowest BCUT2D eigenvalue weighted by Gasteiger charge is -2.42. The molecule has 0 spiro atoms. The largest absolute Gasteiger partial charge is 0.379 e. The third kappa shape index (κ3) is 3.47. The quantitative estimate of drug-likeness (QED) is 0.721. The van der Waals surface area contributed by atoms with Crippen molar-refractivity contribution in [1.29, 1.82) is 0 Å². The van der Waals surface area contributed by atoms with Crippen molar-refractivity contribution < 1.29 is 9.53 Å². The first-order valence-electron chi connectivity index (χ1n) is 10.3. The van der Waals surface area contributed by atoms with Crippen molar-refractivity contribution >= 4 is 22.2 Å². The van der Waals surface area contributed by atoms with Crippen molar-refractivity contribution in [3.8, 4) is 0 Å². The molecule has 0 bridgehead atoms. The molecule has 1 amide bonds. The van der Waals surface area contributed by atoms with Crippen LogP contribution in [0.4, 0.5) is 0 Å². The summed E-state index contributed by atoms with van der Waals surface area (Å²) in [6.45, 7) is 4.21. The number of piperidine rings is 1. The van der Waals surface area contributed by atoms with Crippen molar-refractivity contribution in [3.05, 3.63) is 59.4 Å². The second-order valence-electron chi connectivity index (χ2n) is 7.97. The van der Waals surface area contributed by atoms with Crippen LogP contribution in [-0.2, 0) is 14.9 Å². The zero-order valence-electron chi connectivity index (χ0n) is 16.4. The SMILES string of the molecule is O=C(C1CNCCOC1)N1CCC(c2ccccc2)(c2cn3ccsc3n2)CC1. The number of nitrogens with zero attached hydrogens (tertiary/aromatic N) is 3. The van der Waals surface area contributed by atoms with Crippen LogP contribution >= 0.6 is 11.3 Å². The molecular weight excluding hydrogens is 384 g/mol. The molecule has 2 aliphatic heterocycles. The molecule has 1 aromatic carbocycles. The lowest BCUT2D eigenvalue weighted by Crippen LogP contribution is -2.49. The van der Waals surface area contributed by atoms with Crippen LogP contribution in [0.2, 0.25) is 0 Å². The molecule has 7 heteroatoms. The predicted octanol–water partition coefficient (Wildman–Crippen LogP) is 2.54. The van der Waals surface area contributed by atoms with Gasteiger partial charge in [0.15, 0.2) is 4.96 Å². The maximum absolute atomic E-state index is 13.1. The van der Waals surface area contributed by atoms with Gasteiger partial charge in [0.1, 0.15) is 0 Å². The summed E-state index contributed by atoms with van der Waals surface area (Å²) in [7, 11) is 0. The number of fused-ring (bicyclic) bond motifs is 1. The molecule has 4 heterocycles. The Balaban J connectivity index is 1.41. The average molecular weight is 411 g/mol. The summed E-state index contributed by atoms with van der Waals surface area (Å²) < 4.78 is 7.71. The van der Waals surface area contributed by atoms with Gasteiger partial charge in [-0.25, -0.2) is 4.98 Å². The van der Waals surface area contributed by atoms with Crippen LogP contribution in [0.1, 0.15) is 24.1 Å². The van der Waals surface area contributed by atoms with Gasteiger partial charge in [-0.15, -0.1) is 11.3 Å². The van der Waals surface area contributed by atoms with Gasteiger partial charge < -0.3 is 15.0 Å². The van der Waals surface area contributed by atoms with Crippen LogP contribution in [0.25, 0.3) is 4.96 Å². The maximum atomic E-state index is 13.1. The molecule has 6 nitrogen and oxygen atoms in total. The van der Waals surface area contributed by atoms with Crippen molar-refractivity contribution in [3.63, 3.8) is 0 Å². The standard InChI is InChI=1S/C22H26N4O2S/c27-20(17-14-23-8-12-28-16-17)25-9-6-22(7-10-25,18-4-2-1-3-5-18)19-15-26-11-13-29-21(26)24-19/h1-5,11,13,15,17,23H,6-10,12,14,16H2. The summed E-state index contributed by atoms with van der Waals surface area (Å²) >= 11 is 1.66. The third-order valence-electron chi connectivity index (χ3n) is 6.32. The van der Waals surface area contributed by atoms with E-state index in [0.717, 1.165) is 43.1 Å². The Kier molecular flexibility index (Phi) is 5.11. The first kappa shape index (κ1) is 18.8. The Bertz CT molecular complexity index is 939. The number of likely N-dealkylation sites (tertiary alicyclic amines) is 1. The number of carbonyl (C=O) groups is 1. The monoisotopic (exact) mass is 410 g/mol. The topological polar surface area (TPSA) is 58.9 Å². The van der Waals surface area contributed by atoms with E-state index in [-0.39, 0.29) is 17.2 Å². The summed E-state index contributed by atoms with van der Waals surface area (Å²) in [6.07, 6.45) is 6.00. The second kappa shape index (κ2) is 7.89. The van der Waals surface area contributed by atoms with Crippen LogP contribution in [-0.4, -0.2) is 59.6 Å². The van der Waals surface area contributed by atoms with Crippen LogP contribution in [0.15, 0.2) is 48.1 Å². The fourth-order valence-corrected chi connectivity index (χ4v) is 5.34. The fraction of sp³-hybridized carbons (Fsp3) is 0.455. The number of imidazole rings is 1. The molecule has 0 radical (unpaired) electrons. The van der Waals surface area contributed by atoms with Gasteiger partial charge in [0.2, 0.25) is 5.91 Å². The van der Waals surface area contributed by atoms with Gasteiger partial charge >= 0.3 is 0 Å². The Hall–Kier alpha value is -2.22. The van der Waals surface area contributed by atoms with E-state index in [9.17, 15) is 4.79 Å². The highest BCUT2D eigenvalue weighted by Gasteiger charge is 2.41. The van der Waals surface area contributed by atoms with Crippen LogP contribution in [0.5, 0.6) is 0 Å². The molecule has 0 saturated carbocycles. The van der Waals surface area contributed by atoms with E-state index in [1.54, 1.807) is 11.3 Å². The molecule has 2 saturated heterocycles. The highest BCUT2D eigenvalue weighted by molar-refractivity contribution is 7.15. The minimum atomic E-state index is -0.151. The van der Waals surface area contributed by atoms with Gasteiger partial charge in [-0.1, -0.05) is 30.3 Å². The van der Waals surface area contributed by atoms with Gasteiger partial charge in [0.05, 0.1) is 24.8 Å². The van der Waals surface area contributed by atoms with Crippen molar-refractivity contribution in [2.45, 2.75) is 18.3 Å². The zero-order valence-corrected chi connectivity index (χ0v) is 17.2. The normalized spacial score (nSPS) is 22.5. The number of hydrogen-bond donors (Lipinski definition) is 1. The molecule has 5 rings (SSSR count). The van der Waals surface area contributed by atoms with E-state index >= 15 is 0 Å². The molecule has 1 N–H and O–H groups in total. The van der Waals surface area contributed by atoms with E-state index < -0.39 is 0 Å². The number of ether oxygens (including phenoxy) is 1. The number of benzene rings is 1. The summed E-state index contributed by atoms with van der Waals surface area (Å²) in [4.78, 5) is 21.1. The lowest BCUT2D eigenvalue weighted by molar-refractivity contribution is -0.138. The Morgan fingerprint density at radius 2 is 2.07 bits per heavy atom. The molecule has 2 aromatic heterocycles. The minimum absolute atomic E-state index is 0.0836. The second-order valence-corrected chi connectivity index (χ2v) is 8.84. The summed E-state index contributed by atoms with van der Waals surface area (Å²) in [6, 6.07) is 10.7. The smallest absolute Gasteiger partial charge is 0.229 e. The molecule has 2 aliphatic rings. The van der Waals surface area contributed by atoms with Gasteiger partial charge in [0.25, 0.3) is 0 Å². The lowest BCUT2D eigenvalue weighted by atomic mass is 9.70. The molecule has 1 atom stereocenters.